The molecule has 1 aromatic heterocycles. The molecule has 0 spiro atoms. The number of carbonyl (C=O) groups is 2. The average Bonchev–Trinajstić information content (AvgIpc) is 2.64. The number of rotatable bonds is 8. The zero-order chi connectivity index (χ0) is 21.7. The standard InChI is InChI=1S/C17H17F3N4O4S/c18-17(19,20)14-6-5-11(9-22-14)10-23-16(26)12-3-1-2-4-13(12)24-29(27,28)8-7-15(21)25/h1-6,9,24H,7-8,10H2,(H2,21,25)(H,23,26). The number of nitrogens with two attached hydrogens (primary N) is 1. The fraction of sp³-hybridized carbons (Fsp3) is 0.235. The van der Waals surface area contributed by atoms with Crippen LogP contribution in [0.4, 0.5) is 18.9 Å². The Bertz CT molecular complexity index is 992. The lowest BCUT2D eigenvalue weighted by Gasteiger charge is -2.13. The van der Waals surface area contributed by atoms with Gasteiger partial charge in [-0.25, -0.2) is 8.42 Å². The highest BCUT2D eigenvalue weighted by Crippen LogP contribution is 2.27. The number of primary amides is 1. The Morgan fingerprint density at radius 2 is 1.79 bits per heavy atom. The van der Waals surface area contributed by atoms with Gasteiger partial charge in [0, 0.05) is 19.2 Å². The van der Waals surface area contributed by atoms with Crippen LogP contribution in [-0.4, -0.2) is 31.0 Å². The van der Waals surface area contributed by atoms with Crippen molar-refractivity contribution in [2.24, 2.45) is 5.73 Å². The third kappa shape index (κ3) is 6.75. The molecule has 2 aromatic rings. The first-order valence-electron chi connectivity index (χ1n) is 8.16. The predicted octanol–water partition coefficient (Wildman–Crippen LogP) is 1.65. The van der Waals surface area contributed by atoms with Gasteiger partial charge in [0.25, 0.3) is 5.91 Å². The molecule has 0 saturated carbocycles. The van der Waals surface area contributed by atoms with E-state index in [1.54, 1.807) is 0 Å². The Morgan fingerprint density at radius 1 is 1.10 bits per heavy atom. The monoisotopic (exact) mass is 430 g/mol. The molecule has 0 atom stereocenters. The highest BCUT2D eigenvalue weighted by molar-refractivity contribution is 7.92. The summed E-state index contributed by atoms with van der Waals surface area (Å²) in [5.41, 5.74) is 4.19. The van der Waals surface area contributed by atoms with E-state index in [2.05, 4.69) is 15.0 Å². The van der Waals surface area contributed by atoms with Crippen LogP contribution >= 0.6 is 0 Å². The Morgan fingerprint density at radius 3 is 2.38 bits per heavy atom. The predicted molar refractivity (Wildman–Crippen MR) is 98.1 cm³/mol. The summed E-state index contributed by atoms with van der Waals surface area (Å²) in [6.07, 6.45) is -3.96. The molecule has 0 fully saturated rings. The van der Waals surface area contributed by atoms with Gasteiger partial charge in [-0.1, -0.05) is 18.2 Å². The van der Waals surface area contributed by atoms with Gasteiger partial charge in [-0.2, -0.15) is 13.2 Å². The number of pyridine rings is 1. The number of nitrogens with zero attached hydrogens (tertiary/aromatic N) is 1. The van der Waals surface area contributed by atoms with Crippen LogP contribution in [-0.2, 0) is 27.5 Å². The maximum absolute atomic E-state index is 12.5. The molecule has 29 heavy (non-hydrogen) atoms. The van der Waals surface area contributed by atoms with Crippen LogP contribution in [0.3, 0.4) is 0 Å². The van der Waals surface area contributed by atoms with E-state index in [9.17, 15) is 31.2 Å². The maximum atomic E-state index is 12.5. The van der Waals surface area contributed by atoms with Crippen LogP contribution in [0.1, 0.15) is 28.0 Å². The molecule has 0 unspecified atom stereocenters. The number of hydrogen-bond donors (Lipinski definition) is 3. The number of benzene rings is 1. The summed E-state index contributed by atoms with van der Waals surface area (Å²) in [7, 11) is -3.92. The Labute approximate surface area is 164 Å². The second kappa shape index (κ2) is 8.90. The van der Waals surface area contributed by atoms with E-state index in [1.807, 2.05) is 0 Å². The summed E-state index contributed by atoms with van der Waals surface area (Å²) >= 11 is 0. The lowest BCUT2D eigenvalue weighted by Crippen LogP contribution is -2.26. The van der Waals surface area contributed by atoms with Crippen molar-refractivity contribution in [3.8, 4) is 0 Å². The fourth-order valence-corrected chi connectivity index (χ4v) is 3.28. The van der Waals surface area contributed by atoms with Crippen molar-refractivity contribution in [1.82, 2.24) is 10.3 Å². The minimum Gasteiger partial charge on any atom is -0.370 e. The molecule has 0 aliphatic heterocycles. The topological polar surface area (TPSA) is 131 Å². The number of para-hydroxylation sites is 1. The van der Waals surface area contributed by atoms with E-state index >= 15 is 0 Å². The molecule has 0 aliphatic rings. The Balaban J connectivity index is 2.07. The van der Waals surface area contributed by atoms with Crippen LogP contribution < -0.4 is 15.8 Å². The van der Waals surface area contributed by atoms with Crippen LogP contribution in [0.25, 0.3) is 0 Å². The molecule has 0 radical (unpaired) electrons. The number of sulfonamides is 1. The van der Waals surface area contributed by atoms with Crippen LogP contribution in [0, 0.1) is 0 Å². The summed E-state index contributed by atoms with van der Waals surface area (Å²) in [5.74, 6) is -1.99. The number of amides is 2. The van der Waals surface area contributed by atoms with Gasteiger partial charge in [0.05, 0.1) is 17.0 Å². The van der Waals surface area contributed by atoms with Crippen LogP contribution in [0.5, 0.6) is 0 Å². The number of nitrogens with one attached hydrogen (secondary N) is 2. The van der Waals surface area contributed by atoms with Crippen molar-refractivity contribution in [2.75, 3.05) is 10.5 Å². The summed E-state index contributed by atoms with van der Waals surface area (Å²) in [6, 6.07) is 7.71. The minimum atomic E-state index is -4.56. The molecule has 0 saturated heterocycles. The Hall–Kier alpha value is -3.15. The fourth-order valence-electron chi connectivity index (χ4n) is 2.20. The molecule has 12 heteroatoms. The zero-order valence-corrected chi connectivity index (χ0v) is 15.7. The van der Waals surface area contributed by atoms with E-state index < -0.39 is 39.5 Å². The third-order valence-electron chi connectivity index (χ3n) is 3.62. The van der Waals surface area contributed by atoms with Crippen molar-refractivity contribution in [2.45, 2.75) is 19.1 Å². The van der Waals surface area contributed by atoms with Crippen LogP contribution in [0.2, 0.25) is 0 Å². The van der Waals surface area contributed by atoms with Crippen molar-refractivity contribution >= 4 is 27.5 Å². The first-order valence-corrected chi connectivity index (χ1v) is 9.81. The number of hydrogen-bond acceptors (Lipinski definition) is 5. The van der Waals surface area contributed by atoms with Gasteiger partial charge >= 0.3 is 6.18 Å². The summed E-state index contributed by atoms with van der Waals surface area (Å²) in [4.78, 5) is 26.5. The molecule has 1 aromatic carbocycles. The van der Waals surface area contributed by atoms with E-state index in [-0.39, 0.29) is 24.2 Å². The quantitative estimate of drug-likeness (QED) is 0.586. The first kappa shape index (κ1) is 22.1. The molecule has 8 nitrogen and oxygen atoms in total. The van der Waals surface area contributed by atoms with Gasteiger partial charge in [0.2, 0.25) is 15.9 Å². The molecule has 1 heterocycles. The number of anilines is 1. The molecule has 4 N–H and O–H groups in total. The van der Waals surface area contributed by atoms with Crippen molar-refractivity contribution in [1.29, 1.82) is 0 Å². The van der Waals surface area contributed by atoms with Gasteiger partial charge in [-0.05, 0) is 23.8 Å². The van der Waals surface area contributed by atoms with Gasteiger partial charge in [0.1, 0.15) is 5.69 Å². The van der Waals surface area contributed by atoms with E-state index in [0.29, 0.717) is 5.56 Å². The van der Waals surface area contributed by atoms with Crippen molar-refractivity contribution < 1.29 is 31.2 Å². The van der Waals surface area contributed by atoms with Crippen molar-refractivity contribution in [3.63, 3.8) is 0 Å². The zero-order valence-electron chi connectivity index (χ0n) is 14.9. The molecule has 2 amide bonds. The lowest BCUT2D eigenvalue weighted by molar-refractivity contribution is -0.141. The lowest BCUT2D eigenvalue weighted by atomic mass is 10.1. The smallest absolute Gasteiger partial charge is 0.370 e. The Kier molecular flexibility index (Phi) is 6.80. The summed E-state index contributed by atoms with van der Waals surface area (Å²) in [5, 5.41) is 2.48. The second-order valence-electron chi connectivity index (χ2n) is 5.91. The minimum absolute atomic E-state index is 0.00461. The summed E-state index contributed by atoms with van der Waals surface area (Å²) in [6.45, 7) is -0.118. The molecular formula is C17H17F3N4O4S. The third-order valence-corrected chi connectivity index (χ3v) is 4.90. The highest BCUT2D eigenvalue weighted by Gasteiger charge is 2.32. The SMILES string of the molecule is NC(=O)CCS(=O)(=O)Nc1ccccc1C(=O)NCc1ccc(C(F)(F)F)nc1. The van der Waals surface area contributed by atoms with Crippen molar-refractivity contribution in [3.05, 3.63) is 59.4 Å². The second-order valence-corrected chi connectivity index (χ2v) is 7.76. The van der Waals surface area contributed by atoms with E-state index in [4.69, 9.17) is 5.73 Å². The molecule has 0 aliphatic carbocycles. The molecule has 2 rings (SSSR count). The van der Waals surface area contributed by atoms with E-state index in [0.717, 1.165) is 12.3 Å². The molecule has 156 valence electrons. The van der Waals surface area contributed by atoms with Gasteiger partial charge in [0.15, 0.2) is 0 Å². The summed E-state index contributed by atoms with van der Waals surface area (Å²) < 4.78 is 63.8. The van der Waals surface area contributed by atoms with E-state index in [1.165, 1.54) is 30.3 Å². The maximum Gasteiger partial charge on any atom is 0.433 e. The largest absolute Gasteiger partial charge is 0.433 e. The van der Waals surface area contributed by atoms with Gasteiger partial charge in [-0.15, -0.1) is 0 Å². The molecular weight excluding hydrogens is 413 g/mol. The van der Waals surface area contributed by atoms with Gasteiger partial charge in [-0.3, -0.25) is 19.3 Å². The number of halogens is 3. The highest BCUT2D eigenvalue weighted by atomic mass is 32.2. The number of carbonyl (C=O) groups excluding carboxylic acids is 2. The average molecular weight is 430 g/mol. The first-order chi connectivity index (χ1) is 13.5. The number of alkyl halides is 3. The number of aromatic nitrogens is 1. The molecule has 0 bridgehead atoms. The normalized spacial score (nSPS) is 11.7. The van der Waals surface area contributed by atoms with Gasteiger partial charge < -0.3 is 11.1 Å². The van der Waals surface area contributed by atoms with Crippen LogP contribution in [0.15, 0.2) is 42.6 Å².